The van der Waals surface area contributed by atoms with Crippen LogP contribution in [0.25, 0.3) is 0 Å². The van der Waals surface area contributed by atoms with E-state index in [2.05, 4.69) is 20.8 Å². The maximum Gasteiger partial charge on any atom is 0.356 e. The van der Waals surface area contributed by atoms with Crippen molar-refractivity contribution < 1.29 is 55.9 Å². The summed E-state index contributed by atoms with van der Waals surface area (Å²) in [5.74, 6) is -2.38. The number of pyridine rings is 1. The smallest absolute Gasteiger partial charge is 0.356 e. The van der Waals surface area contributed by atoms with Crippen molar-refractivity contribution in [3.05, 3.63) is 47.1 Å². The van der Waals surface area contributed by atoms with Crippen LogP contribution in [0.2, 0.25) is 0 Å². The summed E-state index contributed by atoms with van der Waals surface area (Å²) in [5.41, 5.74) is 5.29. The van der Waals surface area contributed by atoms with Gasteiger partial charge in [-0.25, -0.2) is 18.2 Å². The Kier molecular flexibility index (Phi) is 12.4. The zero-order valence-corrected chi connectivity index (χ0v) is 29.7. The molecule has 1 aliphatic carbocycles. The monoisotopic (exact) mass is 755 g/mol. The molecule has 0 spiro atoms. The summed E-state index contributed by atoms with van der Waals surface area (Å²) in [6.45, 7) is 5.89. The fourth-order valence-corrected chi connectivity index (χ4v) is 6.60. The molecule has 2 fully saturated rings. The van der Waals surface area contributed by atoms with Crippen molar-refractivity contribution in [2.75, 3.05) is 18.1 Å². The number of carboxylic acid groups (broad SMARTS) is 1. The number of nitrogen functional groups attached to an aromatic ring is 1. The summed E-state index contributed by atoms with van der Waals surface area (Å²) in [4.78, 5) is 62.7. The molecule has 18 nitrogen and oxygen atoms in total. The van der Waals surface area contributed by atoms with Gasteiger partial charge in [0.15, 0.2) is 28.9 Å². The molecule has 2 aliphatic heterocycles. The van der Waals surface area contributed by atoms with Gasteiger partial charge in [0.2, 0.25) is 16.9 Å². The van der Waals surface area contributed by atoms with E-state index in [1.807, 2.05) is 32.9 Å². The van der Waals surface area contributed by atoms with Gasteiger partial charge < -0.3 is 35.6 Å². The second-order valence-electron chi connectivity index (χ2n) is 12.4. The minimum Gasteiger partial charge on any atom is -0.726 e. The maximum absolute atomic E-state index is 13.3. The van der Waals surface area contributed by atoms with E-state index < -0.39 is 40.3 Å². The Morgan fingerprint density at radius 2 is 1.90 bits per heavy atom. The van der Waals surface area contributed by atoms with Gasteiger partial charge in [-0.3, -0.25) is 23.8 Å². The van der Waals surface area contributed by atoms with E-state index in [0.717, 1.165) is 46.8 Å². The van der Waals surface area contributed by atoms with Gasteiger partial charge >= 0.3 is 5.97 Å². The number of hydrogen-bond donors (Lipinski definition) is 5. The molecule has 0 bridgehead atoms. The molecule has 4 heterocycles. The molecule has 2 atom stereocenters. The number of oxime groups is 1. The molecule has 2 aromatic heterocycles. The molecule has 272 valence electrons. The number of carbonyl (C=O) groups excluding carboxylic acids is 3. The highest BCUT2D eigenvalue weighted by Crippen LogP contribution is 2.35. The quantitative estimate of drug-likeness (QED) is 0.0396. The largest absolute Gasteiger partial charge is 0.726 e. The van der Waals surface area contributed by atoms with Crippen LogP contribution >= 0.6 is 23.1 Å². The van der Waals surface area contributed by atoms with Gasteiger partial charge in [0.25, 0.3) is 17.7 Å². The minimum atomic E-state index is -4.92. The maximum atomic E-state index is 13.3. The van der Waals surface area contributed by atoms with Crippen molar-refractivity contribution in [2.45, 2.75) is 81.6 Å². The number of nitrogens with zero attached hydrogens (tertiary/aromatic N) is 4. The van der Waals surface area contributed by atoms with Crippen LogP contribution in [0.5, 0.6) is 0 Å². The first-order chi connectivity index (χ1) is 23.4. The lowest BCUT2D eigenvalue weighted by Crippen LogP contribution is -2.73. The van der Waals surface area contributed by atoms with E-state index in [9.17, 15) is 24.3 Å². The molecule has 5 rings (SSSR count). The van der Waals surface area contributed by atoms with E-state index in [1.165, 1.54) is 11.8 Å². The standard InChI is InChI=1S/C29H35N7O7S2.H2O4S/c1-29(2,3)33-21(37)12-35-10-8-17(9-11-35)44-15-20-24(27(40)41)36-19(13-42-20)23(26(36)39)32-25(38)22(18-14-45-28(30)31-18)34-43-16-6-4-5-7-16;1-5(2,3)4/h8-11,14,16,19,23H,4-7,12-13,15H2,1-3H3,(H4-,30,31,32,33,37,38,40,41);(H2,1,2,3,4)/b34-22-;/t19-,23+;/m1./s1. The third-order valence-electron chi connectivity index (χ3n) is 7.29. The molecule has 3 amide bonds. The summed E-state index contributed by atoms with van der Waals surface area (Å²) in [6, 6.07) is 1.89. The molecular weight excluding hydrogens is 719 g/mol. The molecule has 21 heteroatoms. The second kappa shape index (κ2) is 16.1. The van der Waals surface area contributed by atoms with Gasteiger partial charge in [-0.2, -0.15) is 4.57 Å². The summed E-state index contributed by atoms with van der Waals surface area (Å²) in [5, 5.41) is 21.5. The van der Waals surface area contributed by atoms with Crippen LogP contribution in [-0.2, 0) is 45.7 Å². The van der Waals surface area contributed by atoms with Gasteiger partial charge in [0.1, 0.15) is 36.2 Å². The number of ether oxygens (including phenoxy) is 1. The summed E-state index contributed by atoms with van der Waals surface area (Å²) in [6.07, 6.45) is 7.12. The van der Waals surface area contributed by atoms with E-state index >= 15 is 0 Å². The first kappa shape index (κ1) is 38.5. The molecule has 50 heavy (non-hydrogen) atoms. The summed E-state index contributed by atoms with van der Waals surface area (Å²) < 4.78 is 40.4. The number of anilines is 1. The van der Waals surface area contributed by atoms with Gasteiger partial charge in [0, 0.05) is 27.9 Å². The van der Waals surface area contributed by atoms with Gasteiger partial charge in [-0.15, -0.1) is 23.1 Å². The molecule has 0 radical (unpaired) electrons. The molecule has 0 aromatic carbocycles. The zero-order chi connectivity index (χ0) is 36.8. The van der Waals surface area contributed by atoms with Crippen LogP contribution < -0.4 is 20.9 Å². The summed E-state index contributed by atoms with van der Waals surface area (Å²) in [7, 11) is -4.92. The highest BCUT2D eigenvalue weighted by Gasteiger charge is 2.55. The minimum absolute atomic E-state index is 0.00423. The first-order valence-corrected chi connectivity index (χ1v) is 18.4. The highest BCUT2D eigenvalue weighted by atomic mass is 32.3. The van der Waals surface area contributed by atoms with Crippen LogP contribution in [-0.4, -0.2) is 98.0 Å². The number of thioether (sulfide) groups is 1. The Hall–Kier alpha value is -4.31. The van der Waals surface area contributed by atoms with Crippen LogP contribution in [0.3, 0.4) is 0 Å². The number of nitrogens with one attached hydrogen (secondary N) is 2. The number of carboxylic acids is 1. The zero-order valence-electron chi connectivity index (χ0n) is 27.2. The number of carbonyl (C=O) groups is 4. The molecule has 1 saturated heterocycles. The predicted molar refractivity (Wildman–Crippen MR) is 177 cm³/mol. The summed E-state index contributed by atoms with van der Waals surface area (Å²) >= 11 is 2.47. The van der Waals surface area contributed by atoms with Crippen molar-refractivity contribution in [2.24, 2.45) is 5.16 Å². The Balaban J connectivity index is 0.00000105. The Morgan fingerprint density at radius 3 is 2.46 bits per heavy atom. The highest BCUT2D eigenvalue weighted by molar-refractivity contribution is 7.99. The molecule has 3 aliphatic rings. The second-order valence-corrected chi connectivity index (χ2v) is 15.2. The number of amides is 3. The van der Waals surface area contributed by atoms with Crippen molar-refractivity contribution in [3.63, 3.8) is 0 Å². The van der Waals surface area contributed by atoms with Crippen molar-refractivity contribution in [1.29, 1.82) is 0 Å². The molecular formula is C29H37N7O11S3. The van der Waals surface area contributed by atoms with Gasteiger partial charge in [0.05, 0.1) is 5.75 Å². The first-order valence-electron chi connectivity index (χ1n) is 15.2. The molecule has 6 N–H and O–H groups in total. The van der Waals surface area contributed by atoms with Gasteiger partial charge in [-0.1, -0.05) is 5.16 Å². The number of nitrogens with two attached hydrogens (primary N) is 1. The SMILES string of the molecule is CC(C)(C)NC(=O)C[n+]1ccc(SCC2=C(C(=O)O)N3C(=O)[C@@H](NC(=O)/C(=N\OC4CCCC4)c4csc(N)n4)[C@H]3CO2)cc1.O=S(=O)([O-])O. The lowest BCUT2D eigenvalue weighted by atomic mass is 9.92. The van der Waals surface area contributed by atoms with Gasteiger partial charge in [-0.05, 0) is 46.5 Å². The van der Waals surface area contributed by atoms with Crippen LogP contribution in [0, 0.1) is 0 Å². The predicted octanol–water partition coefficient (Wildman–Crippen LogP) is 0.410. The Morgan fingerprint density at radius 1 is 1.26 bits per heavy atom. The third-order valence-corrected chi connectivity index (χ3v) is 8.97. The number of aliphatic carboxylic acids is 1. The molecule has 2 aromatic rings. The van der Waals surface area contributed by atoms with Crippen molar-refractivity contribution >= 4 is 68.0 Å². The fourth-order valence-electron chi connectivity index (χ4n) is 5.22. The lowest BCUT2D eigenvalue weighted by Gasteiger charge is -2.49. The van der Waals surface area contributed by atoms with Crippen LogP contribution in [0.15, 0.2) is 51.4 Å². The number of β-lactam (4-membered cyclic amide) rings is 1. The van der Waals surface area contributed by atoms with Crippen molar-refractivity contribution in [3.8, 4) is 0 Å². The topological polar surface area (TPSA) is 267 Å². The van der Waals surface area contributed by atoms with E-state index in [1.54, 1.807) is 22.3 Å². The third kappa shape index (κ3) is 10.8. The van der Waals surface area contributed by atoms with Crippen LogP contribution in [0.1, 0.15) is 52.1 Å². The number of rotatable bonds is 11. The Bertz CT molecular complexity index is 1760. The van der Waals surface area contributed by atoms with Crippen molar-refractivity contribution in [1.82, 2.24) is 20.5 Å². The number of aromatic nitrogens is 2. The fraction of sp³-hybridized carbons (Fsp3) is 0.483. The molecule has 1 saturated carbocycles. The van der Waals surface area contributed by atoms with E-state index in [0.29, 0.717) is 0 Å². The van der Waals surface area contributed by atoms with E-state index in [4.69, 9.17) is 32.8 Å². The van der Waals surface area contributed by atoms with Crippen LogP contribution in [0.4, 0.5) is 5.13 Å². The molecule has 0 unspecified atom stereocenters. The number of thiazole rings is 1. The number of fused-ring (bicyclic) bond motifs is 1. The lowest BCUT2D eigenvalue weighted by molar-refractivity contribution is -0.684. The average molecular weight is 756 g/mol. The van der Waals surface area contributed by atoms with E-state index in [-0.39, 0.29) is 64.4 Å². The Labute approximate surface area is 295 Å². The normalized spacial score (nSPS) is 19.4. The average Bonchev–Trinajstić information content (AvgIpc) is 3.69. The number of hydrogen-bond acceptors (Lipinski definition) is 14.